The molecule has 1 heterocycles. The van der Waals surface area contributed by atoms with Crippen LogP contribution < -0.4 is 0 Å². The molecule has 0 spiro atoms. The van der Waals surface area contributed by atoms with Crippen LogP contribution in [-0.4, -0.2) is 5.12 Å². The fourth-order valence-corrected chi connectivity index (χ4v) is 2.72. The molecule has 13 heavy (non-hydrogen) atoms. The van der Waals surface area contributed by atoms with Crippen molar-refractivity contribution in [3.05, 3.63) is 29.3 Å². The maximum Gasteiger partial charge on any atom is 0.194 e. The Hall–Kier alpha value is -0.760. The number of carbonyl (C=O) groups is 1. The molecule has 1 aliphatic rings. The van der Waals surface area contributed by atoms with Crippen LogP contribution in [0.3, 0.4) is 0 Å². The molecule has 68 valence electrons. The molecule has 1 aliphatic heterocycles. The molecule has 2 rings (SSSR count). The molecular weight excluding hydrogens is 180 g/mol. The second-order valence-electron chi connectivity index (χ2n) is 3.23. The highest BCUT2D eigenvalue weighted by atomic mass is 32.2. The summed E-state index contributed by atoms with van der Waals surface area (Å²) >= 11 is 1.42. The molecule has 0 radical (unpaired) electrons. The summed E-state index contributed by atoms with van der Waals surface area (Å²) in [5.74, 6) is 0. The van der Waals surface area contributed by atoms with Crippen molar-refractivity contribution >= 4 is 16.9 Å². The molecule has 0 saturated heterocycles. The van der Waals surface area contributed by atoms with Gasteiger partial charge in [-0.05, 0) is 24.0 Å². The number of benzene rings is 1. The highest BCUT2D eigenvalue weighted by Gasteiger charge is 2.18. The molecular formula is C11H12OS. The third-order valence-corrected chi connectivity index (χ3v) is 3.53. The van der Waals surface area contributed by atoms with Gasteiger partial charge in [0.05, 0.1) is 0 Å². The fraction of sp³-hybridized carbons (Fsp3) is 0.364. The first-order valence-electron chi connectivity index (χ1n) is 4.62. The Morgan fingerprint density at radius 1 is 1.38 bits per heavy atom. The first-order valence-corrected chi connectivity index (χ1v) is 5.44. The van der Waals surface area contributed by atoms with E-state index in [4.69, 9.17) is 0 Å². The number of fused-ring (bicyclic) bond motifs is 1. The average molecular weight is 192 g/mol. The van der Waals surface area contributed by atoms with E-state index >= 15 is 0 Å². The Kier molecular flexibility index (Phi) is 2.40. The molecule has 2 heteroatoms. The van der Waals surface area contributed by atoms with E-state index in [-0.39, 0.29) is 0 Å². The Bertz CT molecular complexity index is 330. The number of rotatable bonds is 1. The summed E-state index contributed by atoms with van der Waals surface area (Å²) in [4.78, 5) is 12.5. The number of aryl methyl sites for hydroxylation is 2. The number of thioether (sulfide) groups is 1. The van der Waals surface area contributed by atoms with Crippen molar-refractivity contribution in [3.8, 4) is 0 Å². The zero-order chi connectivity index (χ0) is 9.26. The lowest BCUT2D eigenvalue weighted by molar-refractivity contribution is -0.111. The predicted molar refractivity (Wildman–Crippen MR) is 55.0 cm³/mol. The van der Waals surface area contributed by atoms with Crippen molar-refractivity contribution in [3.63, 3.8) is 0 Å². The normalized spacial score (nSPS) is 15.6. The summed E-state index contributed by atoms with van der Waals surface area (Å²) in [6.07, 6.45) is 2.64. The molecule has 0 amide bonds. The van der Waals surface area contributed by atoms with Gasteiger partial charge >= 0.3 is 0 Å². The molecule has 0 aliphatic carbocycles. The topological polar surface area (TPSA) is 17.1 Å². The van der Waals surface area contributed by atoms with Crippen LogP contribution in [0.15, 0.2) is 23.1 Å². The average Bonchev–Trinajstić information content (AvgIpc) is 2.17. The molecule has 0 unspecified atom stereocenters. The zero-order valence-corrected chi connectivity index (χ0v) is 8.49. The third-order valence-electron chi connectivity index (χ3n) is 2.37. The van der Waals surface area contributed by atoms with Crippen LogP contribution in [0, 0.1) is 0 Å². The summed E-state index contributed by atoms with van der Waals surface area (Å²) in [5, 5.41) is 0.313. The van der Waals surface area contributed by atoms with Crippen molar-refractivity contribution in [1.29, 1.82) is 0 Å². The Morgan fingerprint density at radius 2 is 2.23 bits per heavy atom. The lowest BCUT2D eigenvalue weighted by Crippen LogP contribution is -2.05. The standard InChI is InChI=1S/C11H12OS/c1-2-8-4-3-5-9-6-7-10(12)13-11(8)9/h3-5H,2,6-7H2,1H3. The van der Waals surface area contributed by atoms with E-state index in [1.165, 1.54) is 27.8 Å². The van der Waals surface area contributed by atoms with Gasteiger partial charge in [0, 0.05) is 11.3 Å². The van der Waals surface area contributed by atoms with E-state index in [0.717, 1.165) is 12.8 Å². The van der Waals surface area contributed by atoms with Gasteiger partial charge in [0.15, 0.2) is 5.12 Å². The number of carbonyl (C=O) groups excluding carboxylic acids is 1. The van der Waals surface area contributed by atoms with Gasteiger partial charge in [0.25, 0.3) is 0 Å². The van der Waals surface area contributed by atoms with E-state index in [9.17, 15) is 4.79 Å². The first-order chi connectivity index (χ1) is 6.31. The maximum atomic E-state index is 11.3. The smallest absolute Gasteiger partial charge is 0.194 e. The predicted octanol–water partition coefficient (Wildman–Crippen LogP) is 2.81. The van der Waals surface area contributed by atoms with E-state index in [2.05, 4.69) is 25.1 Å². The molecule has 0 bridgehead atoms. The van der Waals surface area contributed by atoms with E-state index < -0.39 is 0 Å². The Balaban J connectivity index is 2.46. The van der Waals surface area contributed by atoms with Crippen molar-refractivity contribution in [2.24, 2.45) is 0 Å². The Morgan fingerprint density at radius 3 is 3.00 bits per heavy atom. The van der Waals surface area contributed by atoms with Gasteiger partial charge in [0.1, 0.15) is 0 Å². The lowest BCUT2D eigenvalue weighted by atomic mass is 10.0. The van der Waals surface area contributed by atoms with Gasteiger partial charge in [-0.3, -0.25) is 4.79 Å². The van der Waals surface area contributed by atoms with E-state index in [0.29, 0.717) is 11.5 Å². The number of hydrogen-bond donors (Lipinski definition) is 0. The minimum absolute atomic E-state index is 0.313. The van der Waals surface area contributed by atoms with Crippen molar-refractivity contribution in [1.82, 2.24) is 0 Å². The summed E-state index contributed by atoms with van der Waals surface area (Å²) in [6.45, 7) is 2.13. The molecule has 0 saturated carbocycles. The molecule has 0 aromatic heterocycles. The summed E-state index contributed by atoms with van der Waals surface area (Å²) in [6, 6.07) is 6.34. The van der Waals surface area contributed by atoms with Gasteiger partial charge in [-0.2, -0.15) is 0 Å². The Labute approximate surface area is 82.5 Å². The van der Waals surface area contributed by atoms with Crippen molar-refractivity contribution in [2.75, 3.05) is 0 Å². The third kappa shape index (κ3) is 1.63. The monoisotopic (exact) mass is 192 g/mol. The zero-order valence-electron chi connectivity index (χ0n) is 7.67. The summed E-state index contributed by atoms with van der Waals surface area (Å²) in [7, 11) is 0. The summed E-state index contributed by atoms with van der Waals surface area (Å²) in [5.41, 5.74) is 2.67. The minimum atomic E-state index is 0.313. The van der Waals surface area contributed by atoms with Gasteiger partial charge in [-0.15, -0.1) is 0 Å². The SMILES string of the molecule is CCc1cccc2c1SC(=O)CC2. The molecule has 1 nitrogen and oxygen atoms in total. The molecule has 0 atom stereocenters. The molecule has 0 N–H and O–H groups in total. The molecule has 0 fully saturated rings. The van der Waals surface area contributed by atoms with Crippen LogP contribution >= 0.6 is 11.8 Å². The fourth-order valence-electron chi connectivity index (χ4n) is 1.65. The molecule has 1 aromatic rings. The van der Waals surface area contributed by atoms with Crippen LogP contribution in [0.4, 0.5) is 0 Å². The highest BCUT2D eigenvalue weighted by molar-refractivity contribution is 8.13. The van der Waals surface area contributed by atoms with Crippen LogP contribution in [-0.2, 0) is 17.6 Å². The quantitative estimate of drug-likeness (QED) is 0.680. The maximum absolute atomic E-state index is 11.3. The van der Waals surface area contributed by atoms with Crippen molar-refractivity contribution < 1.29 is 4.79 Å². The van der Waals surface area contributed by atoms with Gasteiger partial charge in [0.2, 0.25) is 0 Å². The van der Waals surface area contributed by atoms with E-state index in [1.54, 1.807) is 0 Å². The highest BCUT2D eigenvalue weighted by Crippen LogP contribution is 2.34. The second-order valence-corrected chi connectivity index (χ2v) is 4.30. The summed E-state index contributed by atoms with van der Waals surface area (Å²) < 4.78 is 0. The largest absolute Gasteiger partial charge is 0.287 e. The number of hydrogen-bond acceptors (Lipinski definition) is 2. The first kappa shape index (κ1) is 8.82. The van der Waals surface area contributed by atoms with E-state index in [1.807, 2.05) is 0 Å². The minimum Gasteiger partial charge on any atom is -0.287 e. The molecule has 1 aromatic carbocycles. The lowest BCUT2D eigenvalue weighted by Gasteiger charge is -2.16. The van der Waals surface area contributed by atoms with Gasteiger partial charge < -0.3 is 0 Å². The second kappa shape index (κ2) is 3.54. The van der Waals surface area contributed by atoms with Crippen LogP contribution in [0.2, 0.25) is 0 Å². The van der Waals surface area contributed by atoms with Gasteiger partial charge in [-0.1, -0.05) is 36.9 Å². The van der Waals surface area contributed by atoms with Crippen LogP contribution in [0.5, 0.6) is 0 Å². The van der Waals surface area contributed by atoms with Crippen molar-refractivity contribution in [2.45, 2.75) is 31.1 Å². The van der Waals surface area contributed by atoms with Crippen LogP contribution in [0.1, 0.15) is 24.5 Å². The van der Waals surface area contributed by atoms with Gasteiger partial charge in [-0.25, -0.2) is 0 Å². The van der Waals surface area contributed by atoms with Crippen LogP contribution in [0.25, 0.3) is 0 Å².